The number of pyridine rings is 1. The monoisotopic (exact) mass is 368 g/mol. The zero-order valence-corrected chi connectivity index (χ0v) is 15.3. The molecule has 8 nitrogen and oxygen atoms in total. The number of nitrogens with one attached hydrogen (secondary N) is 1. The van der Waals surface area contributed by atoms with Crippen molar-refractivity contribution >= 4 is 12.0 Å². The van der Waals surface area contributed by atoms with Crippen LogP contribution in [0, 0.1) is 0 Å². The minimum atomic E-state index is 0.131. The summed E-state index contributed by atoms with van der Waals surface area (Å²) in [6.07, 6.45) is 7.07. The van der Waals surface area contributed by atoms with Gasteiger partial charge in [-0.3, -0.25) is 4.98 Å². The van der Waals surface area contributed by atoms with Crippen LogP contribution in [0.2, 0.25) is 0 Å². The maximum absolute atomic E-state index is 12.6. The fraction of sp³-hybridized carbons (Fsp3) is 0.474. The smallest absolute Gasteiger partial charge is 0.320 e. The van der Waals surface area contributed by atoms with E-state index < -0.39 is 0 Å². The van der Waals surface area contributed by atoms with Crippen molar-refractivity contribution in [2.24, 2.45) is 0 Å². The Kier molecular flexibility index (Phi) is 5.43. The Morgan fingerprint density at radius 3 is 2.59 bits per heavy atom. The first-order valence-corrected chi connectivity index (χ1v) is 9.41. The molecule has 0 bridgehead atoms. The van der Waals surface area contributed by atoms with E-state index in [0.29, 0.717) is 32.3 Å². The number of aromatic nitrogens is 3. The molecule has 142 valence electrons. The van der Waals surface area contributed by atoms with Crippen LogP contribution in [0.5, 0.6) is 0 Å². The van der Waals surface area contributed by atoms with Crippen LogP contribution in [0.25, 0.3) is 11.3 Å². The Morgan fingerprint density at radius 1 is 1.07 bits per heavy atom. The summed E-state index contributed by atoms with van der Waals surface area (Å²) in [5, 5.41) is 3.42. The highest BCUT2D eigenvalue weighted by atomic mass is 16.5. The van der Waals surface area contributed by atoms with E-state index in [-0.39, 0.29) is 12.1 Å². The molecular weight excluding hydrogens is 344 g/mol. The van der Waals surface area contributed by atoms with E-state index in [0.717, 1.165) is 37.2 Å². The molecule has 0 atom stereocenters. The molecule has 2 aromatic heterocycles. The van der Waals surface area contributed by atoms with Crippen molar-refractivity contribution in [2.45, 2.75) is 18.9 Å². The Balaban J connectivity index is 1.32. The van der Waals surface area contributed by atoms with Crippen LogP contribution in [-0.2, 0) is 4.74 Å². The minimum Gasteiger partial charge on any atom is -0.378 e. The predicted octanol–water partition coefficient (Wildman–Crippen LogP) is 1.87. The van der Waals surface area contributed by atoms with Gasteiger partial charge in [0.2, 0.25) is 5.95 Å². The number of likely N-dealkylation sites (tertiary alicyclic amines) is 1. The van der Waals surface area contributed by atoms with Crippen LogP contribution < -0.4 is 5.32 Å². The summed E-state index contributed by atoms with van der Waals surface area (Å²) in [5.74, 6) is 0.620. The molecule has 1 N–H and O–H groups in total. The number of carbonyl (C=O) groups excluding carboxylic acids is 1. The topological polar surface area (TPSA) is 83.5 Å². The van der Waals surface area contributed by atoms with Gasteiger partial charge < -0.3 is 19.9 Å². The molecule has 0 radical (unpaired) electrons. The van der Waals surface area contributed by atoms with E-state index in [4.69, 9.17) is 4.74 Å². The van der Waals surface area contributed by atoms with Gasteiger partial charge in [-0.25, -0.2) is 14.8 Å². The SMILES string of the molecule is O=C(N1CCOCC1)N1CCC(Nc2nccc(-c3cccnc3)n2)CC1. The van der Waals surface area contributed by atoms with E-state index in [9.17, 15) is 4.79 Å². The van der Waals surface area contributed by atoms with E-state index in [2.05, 4.69) is 20.3 Å². The first-order valence-electron chi connectivity index (χ1n) is 9.41. The first-order chi connectivity index (χ1) is 13.3. The summed E-state index contributed by atoms with van der Waals surface area (Å²) < 4.78 is 5.32. The maximum Gasteiger partial charge on any atom is 0.320 e. The average Bonchev–Trinajstić information content (AvgIpc) is 2.75. The fourth-order valence-electron chi connectivity index (χ4n) is 3.46. The standard InChI is InChI=1S/C19H24N6O2/c26-19(25-10-12-27-13-11-25)24-8-4-16(5-9-24)22-18-21-7-3-17(23-18)15-2-1-6-20-14-15/h1-3,6-7,14,16H,4-5,8-13H2,(H,21,22,23). The zero-order chi connectivity index (χ0) is 18.5. The van der Waals surface area contributed by atoms with Gasteiger partial charge in [0.25, 0.3) is 0 Å². The number of morpholine rings is 1. The number of anilines is 1. The summed E-state index contributed by atoms with van der Waals surface area (Å²) in [5.41, 5.74) is 1.81. The third kappa shape index (κ3) is 4.33. The summed E-state index contributed by atoms with van der Waals surface area (Å²) in [6.45, 7) is 4.13. The molecule has 0 aliphatic carbocycles. The molecule has 0 spiro atoms. The van der Waals surface area contributed by atoms with Crippen LogP contribution in [0.15, 0.2) is 36.8 Å². The average molecular weight is 368 g/mol. The number of hydrogen-bond acceptors (Lipinski definition) is 6. The Hall–Kier alpha value is -2.74. The molecular formula is C19H24N6O2. The molecule has 0 saturated carbocycles. The van der Waals surface area contributed by atoms with Crippen molar-refractivity contribution in [3.05, 3.63) is 36.8 Å². The van der Waals surface area contributed by atoms with Gasteiger partial charge >= 0.3 is 6.03 Å². The number of hydrogen-bond donors (Lipinski definition) is 1. The molecule has 2 aliphatic heterocycles. The number of urea groups is 1. The summed E-state index contributed by atoms with van der Waals surface area (Å²) in [4.78, 5) is 29.5. The highest BCUT2D eigenvalue weighted by molar-refractivity contribution is 5.74. The van der Waals surface area contributed by atoms with Gasteiger partial charge in [0.05, 0.1) is 18.9 Å². The number of rotatable bonds is 3. The number of piperidine rings is 1. The summed E-state index contributed by atoms with van der Waals surface area (Å²) in [6, 6.07) is 6.15. The minimum absolute atomic E-state index is 0.131. The molecule has 2 aromatic rings. The second-order valence-corrected chi connectivity index (χ2v) is 6.79. The van der Waals surface area contributed by atoms with E-state index >= 15 is 0 Å². The molecule has 4 rings (SSSR count). The highest BCUT2D eigenvalue weighted by Gasteiger charge is 2.27. The van der Waals surface area contributed by atoms with Crippen molar-refractivity contribution < 1.29 is 9.53 Å². The lowest BCUT2D eigenvalue weighted by atomic mass is 10.1. The Bertz CT molecular complexity index is 758. The van der Waals surface area contributed by atoms with E-state index in [1.165, 1.54) is 0 Å². The lowest BCUT2D eigenvalue weighted by Crippen LogP contribution is -2.51. The van der Waals surface area contributed by atoms with Crippen LogP contribution in [-0.4, -0.2) is 76.2 Å². The second kappa shape index (κ2) is 8.30. The molecule has 4 heterocycles. The van der Waals surface area contributed by atoms with Gasteiger partial charge in [0.15, 0.2) is 0 Å². The first kappa shape index (κ1) is 17.7. The predicted molar refractivity (Wildman–Crippen MR) is 101 cm³/mol. The van der Waals surface area contributed by atoms with Crippen molar-refractivity contribution in [1.82, 2.24) is 24.8 Å². The molecule has 2 amide bonds. The summed E-state index contributed by atoms with van der Waals surface area (Å²) in [7, 11) is 0. The Labute approximate surface area is 158 Å². The van der Waals surface area contributed by atoms with Crippen molar-refractivity contribution in [3.63, 3.8) is 0 Å². The van der Waals surface area contributed by atoms with Crippen LogP contribution >= 0.6 is 0 Å². The molecule has 8 heteroatoms. The van der Waals surface area contributed by atoms with Crippen molar-refractivity contribution in [1.29, 1.82) is 0 Å². The van der Waals surface area contributed by atoms with Gasteiger partial charge in [-0.1, -0.05) is 0 Å². The second-order valence-electron chi connectivity index (χ2n) is 6.79. The van der Waals surface area contributed by atoms with Crippen LogP contribution in [0.4, 0.5) is 10.7 Å². The molecule has 0 aromatic carbocycles. The lowest BCUT2D eigenvalue weighted by molar-refractivity contribution is 0.0414. The van der Waals surface area contributed by atoms with Crippen molar-refractivity contribution in [3.8, 4) is 11.3 Å². The molecule has 2 aliphatic rings. The van der Waals surface area contributed by atoms with Gasteiger partial charge in [-0.05, 0) is 31.0 Å². The Morgan fingerprint density at radius 2 is 1.85 bits per heavy atom. The lowest BCUT2D eigenvalue weighted by Gasteiger charge is -2.37. The zero-order valence-electron chi connectivity index (χ0n) is 15.3. The number of ether oxygens (including phenoxy) is 1. The number of carbonyl (C=O) groups is 1. The van der Waals surface area contributed by atoms with Gasteiger partial charge in [0, 0.05) is 56.4 Å². The third-order valence-electron chi connectivity index (χ3n) is 4.99. The number of amides is 2. The van der Waals surface area contributed by atoms with Gasteiger partial charge in [-0.2, -0.15) is 0 Å². The number of nitrogens with zero attached hydrogens (tertiary/aromatic N) is 5. The molecule has 27 heavy (non-hydrogen) atoms. The summed E-state index contributed by atoms with van der Waals surface area (Å²) >= 11 is 0. The molecule has 2 saturated heterocycles. The van der Waals surface area contributed by atoms with E-state index in [1.54, 1.807) is 18.6 Å². The third-order valence-corrected chi connectivity index (χ3v) is 4.99. The van der Waals surface area contributed by atoms with Gasteiger partial charge in [-0.15, -0.1) is 0 Å². The molecule has 0 unspecified atom stereocenters. The van der Waals surface area contributed by atoms with Crippen molar-refractivity contribution in [2.75, 3.05) is 44.7 Å². The highest BCUT2D eigenvalue weighted by Crippen LogP contribution is 2.19. The maximum atomic E-state index is 12.6. The fourth-order valence-corrected chi connectivity index (χ4v) is 3.46. The normalized spacial score (nSPS) is 18.4. The molecule has 2 fully saturated rings. The van der Waals surface area contributed by atoms with Gasteiger partial charge in [0.1, 0.15) is 0 Å². The van der Waals surface area contributed by atoms with Crippen LogP contribution in [0.3, 0.4) is 0 Å². The largest absolute Gasteiger partial charge is 0.378 e. The van der Waals surface area contributed by atoms with Crippen LogP contribution in [0.1, 0.15) is 12.8 Å². The van der Waals surface area contributed by atoms with E-state index in [1.807, 2.05) is 28.0 Å². The quantitative estimate of drug-likeness (QED) is 0.890.